The summed E-state index contributed by atoms with van der Waals surface area (Å²) in [5.74, 6) is -2.09. The fourth-order valence-electron chi connectivity index (χ4n) is 2.95. The minimum Gasteiger partial charge on any atom is -0.364 e. The highest BCUT2D eigenvalue weighted by Gasteiger charge is 2.19. The maximum atomic E-state index is 13.5. The molecule has 0 aliphatic carbocycles. The maximum absolute atomic E-state index is 13.5. The molecular formula is C20H16F2N4O2. The number of nitrogens with two attached hydrogens (primary N) is 1. The van der Waals surface area contributed by atoms with Crippen LogP contribution in [0.15, 0.2) is 54.9 Å². The van der Waals surface area contributed by atoms with Crippen LogP contribution in [-0.2, 0) is 11.2 Å². The lowest BCUT2D eigenvalue weighted by Crippen LogP contribution is -2.23. The summed E-state index contributed by atoms with van der Waals surface area (Å²) in [6, 6.07) is 9.17. The molecule has 0 spiro atoms. The minimum atomic E-state index is -0.707. The molecule has 0 bridgehead atoms. The van der Waals surface area contributed by atoms with Gasteiger partial charge in [0.1, 0.15) is 17.3 Å². The Balaban J connectivity index is 2.03. The molecule has 142 valence electrons. The molecule has 8 heteroatoms. The number of carbonyl (C=O) groups is 2. The van der Waals surface area contributed by atoms with E-state index >= 15 is 0 Å². The van der Waals surface area contributed by atoms with Crippen molar-refractivity contribution in [3.8, 4) is 11.1 Å². The van der Waals surface area contributed by atoms with E-state index in [1.807, 2.05) is 0 Å². The Morgan fingerprint density at radius 2 is 1.86 bits per heavy atom. The SMILES string of the molecule is NC(=O)c1cc(-c2cccnc2C(Cc2cc(F)cc(F)c2)NC=O)ccn1. The molecule has 1 atom stereocenters. The molecule has 3 N–H and O–H groups in total. The number of nitrogens with zero attached hydrogens (tertiary/aromatic N) is 2. The van der Waals surface area contributed by atoms with Crippen LogP contribution in [0, 0.1) is 11.6 Å². The first-order valence-corrected chi connectivity index (χ1v) is 8.33. The highest BCUT2D eigenvalue weighted by molar-refractivity contribution is 5.92. The van der Waals surface area contributed by atoms with Gasteiger partial charge in [-0.15, -0.1) is 0 Å². The summed E-state index contributed by atoms with van der Waals surface area (Å²) in [6.07, 6.45) is 3.60. The Kier molecular flexibility index (Phi) is 5.69. The molecule has 0 aliphatic heterocycles. The van der Waals surface area contributed by atoms with Crippen LogP contribution in [0.5, 0.6) is 0 Å². The molecule has 0 aliphatic rings. The van der Waals surface area contributed by atoms with Crippen LogP contribution in [0.4, 0.5) is 8.78 Å². The quantitative estimate of drug-likeness (QED) is 0.614. The van der Waals surface area contributed by atoms with Gasteiger partial charge in [0, 0.05) is 24.0 Å². The van der Waals surface area contributed by atoms with Gasteiger partial charge >= 0.3 is 0 Å². The van der Waals surface area contributed by atoms with E-state index in [-0.39, 0.29) is 12.1 Å². The minimum absolute atomic E-state index is 0.0828. The number of benzene rings is 1. The number of amides is 2. The van der Waals surface area contributed by atoms with Crippen LogP contribution in [0.25, 0.3) is 11.1 Å². The van der Waals surface area contributed by atoms with E-state index in [4.69, 9.17) is 5.73 Å². The average Bonchev–Trinajstić information content (AvgIpc) is 2.67. The normalized spacial score (nSPS) is 11.6. The van der Waals surface area contributed by atoms with Gasteiger partial charge in [0.15, 0.2) is 0 Å². The summed E-state index contributed by atoms with van der Waals surface area (Å²) in [7, 11) is 0. The number of halogens is 2. The molecule has 28 heavy (non-hydrogen) atoms. The molecule has 3 rings (SSSR count). The van der Waals surface area contributed by atoms with Gasteiger partial charge in [-0.25, -0.2) is 8.78 Å². The summed E-state index contributed by atoms with van der Waals surface area (Å²) in [5.41, 5.74) is 7.46. The number of nitrogens with one attached hydrogen (secondary N) is 1. The zero-order valence-electron chi connectivity index (χ0n) is 14.6. The van der Waals surface area contributed by atoms with Crippen LogP contribution < -0.4 is 11.1 Å². The molecule has 2 aromatic heterocycles. The standard InChI is InChI=1S/C20H16F2N4O2/c21-14-6-12(7-15(22)10-14)8-17(26-11-27)19-16(2-1-4-25-19)13-3-5-24-18(9-13)20(23)28/h1-7,9-11,17H,8H2,(H2,23,28)(H,26,27). The fourth-order valence-corrected chi connectivity index (χ4v) is 2.95. The Morgan fingerprint density at radius 1 is 1.11 bits per heavy atom. The molecule has 0 saturated carbocycles. The van der Waals surface area contributed by atoms with Gasteiger partial charge in [-0.2, -0.15) is 0 Å². The zero-order valence-corrected chi connectivity index (χ0v) is 14.6. The van der Waals surface area contributed by atoms with Crippen molar-refractivity contribution in [3.05, 3.63) is 83.4 Å². The van der Waals surface area contributed by atoms with Gasteiger partial charge in [-0.05, 0) is 47.9 Å². The van der Waals surface area contributed by atoms with Crippen molar-refractivity contribution in [1.82, 2.24) is 15.3 Å². The fraction of sp³-hybridized carbons (Fsp3) is 0.100. The van der Waals surface area contributed by atoms with E-state index in [0.717, 1.165) is 6.07 Å². The second kappa shape index (κ2) is 8.34. The molecule has 0 saturated heterocycles. The third kappa shape index (κ3) is 4.35. The van der Waals surface area contributed by atoms with Crippen molar-refractivity contribution in [3.63, 3.8) is 0 Å². The second-order valence-corrected chi connectivity index (χ2v) is 6.05. The molecule has 3 aromatic rings. The van der Waals surface area contributed by atoms with Crippen LogP contribution in [0.1, 0.15) is 27.8 Å². The largest absolute Gasteiger partial charge is 0.364 e. The lowest BCUT2D eigenvalue weighted by molar-refractivity contribution is -0.110. The zero-order chi connectivity index (χ0) is 20.1. The van der Waals surface area contributed by atoms with E-state index < -0.39 is 23.6 Å². The second-order valence-electron chi connectivity index (χ2n) is 6.05. The lowest BCUT2D eigenvalue weighted by Gasteiger charge is -2.19. The van der Waals surface area contributed by atoms with Crippen molar-refractivity contribution in [2.45, 2.75) is 12.5 Å². The number of aromatic nitrogens is 2. The van der Waals surface area contributed by atoms with Crippen LogP contribution in [0.3, 0.4) is 0 Å². The Morgan fingerprint density at radius 3 is 2.54 bits per heavy atom. The number of hydrogen-bond acceptors (Lipinski definition) is 4. The van der Waals surface area contributed by atoms with E-state index in [0.29, 0.717) is 28.8 Å². The highest BCUT2D eigenvalue weighted by atomic mass is 19.1. The predicted molar refractivity (Wildman–Crippen MR) is 98.0 cm³/mol. The smallest absolute Gasteiger partial charge is 0.267 e. The number of rotatable bonds is 7. The molecule has 1 aromatic carbocycles. The average molecular weight is 382 g/mol. The van der Waals surface area contributed by atoms with Crippen molar-refractivity contribution in [2.24, 2.45) is 5.73 Å². The van der Waals surface area contributed by atoms with Crippen LogP contribution in [-0.4, -0.2) is 22.3 Å². The lowest BCUT2D eigenvalue weighted by atomic mass is 9.95. The number of pyridine rings is 2. The highest BCUT2D eigenvalue weighted by Crippen LogP contribution is 2.29. The van der Waals surface area contributed by atoms with E-state index in [2.05, 4.69) is 15.3 Å². The summed E-state index contributed by atoms with van der Waals surface area (Å²) < 4.78 is 27.1. The first-order chi connectivity index (χ1) is 13.5. The summed E-state index contributed by atoms with van der Waals surface area (Å²) in [6.45, 7) is 0. The number of primary amides is 1. The Hall–Kier alpha value is -3.68. The van der Waals surface area contributed by atoms with Crippen molar-refractivity contribution < 1.29 is 18.4 Å². The van der Waals surface area contributed by atoms with Gasteiger partial charge in [0.2, 0.25) is 6.41 Å². The monoisotopic (exact) mass is 382 g/mol. The van der Waals surface area contributed by atoms with Gasteiger partial charge in [-0.3, -0.25) is 19.6 Å². The molecule has 2 amide bonds. The van der Waals surface area contributed by atoms with Crippen LogP contribution >= 0.6 is 0 Å². The molecule has 1 unspecified atom stereocenters. The van der Waals surface area contributed by atoms with E-state index in [9.17, 15) is 18.4 Å². The van der Waals surface area contributed by atoms with Gasteiger partial charge in [0.25, 0.3) is 5.91 Å². The number of hydrogen-bond donors (Lipinski definition) is 2. The Bertz CT molecular complexity index is 1010. The summed E-state index contributed by atoms with van der Waals surface area (Å²) >= 11 is 0. The summed E-state index contributed by atoms with van der Waals surface area (Å²) in [5, 5.41) is 2.64. The third-order valence-corrected chi connectivity index (χ3v) is 4.12. The van der Waals surface area contributed by atoms with E-state index in [1.165, 1.54) is 24.4 Å². The predicted octanol–water partition coefficient (Wildman–Crippen LogP) is 2.55. The number of carbonyl (C=O) groups excluding carboxylic acids is 2. The maximum Gasteiger partial charge on any atom is 0.267 e. The molecule has 2 heterocycles. The molecule has 0 fully saturated rings. The topological polar surface area (TPSA) is 98.0 Å². The third-order valence-electron chi connectivity index (χ3n) is 4.12. The van der Waals surface area contributed by atoms with Crippen molar-refractivity contribution in [2.75, 3.05) is 0 Å². The Labute approximate surface area is 159 Å². The van der Waals surface area contributed by atoms with Crippen LogP contribution in [0.2, 0.25) is 0 Å². The van der Waals surface area contributed by atoms with Crippen molar-refractivity contribution in [1.29, 1.82) is 0 Å². The van der Waals surface area contributed by atoms with Crippen molar-refractivity contribution >= 4 is 12.3 Å². The van der Waals surface area contributed by atoms with Gasteiger partial charge in [-0.1, -0.05) is 6.07 Å². The molecule has 6 nitrogen and oxygen atoms in total. The molecule has 0 radical (unpaired) electrons. The van der Waals surface area contributed by atoms with E-state index in [1.54, 1.807) is 24.4 Å². The van der Waals surface area contributed by atoms with Gasteiger partial charge < -0.3 is 11.1 Å². The molecular weight excluding hydrogens is 366 g/mol. The first kappa shape index (κ1) is 19.1. The summed E-state index contributed by atoms with van der Waals surface area (Å²) in [4.78, 5) is 30.8. The van der Waals surface area contributed by atoms with Gasteiger partial charge in [0.05, 0.1) is 11.7 Å². The first-order valence-electron chi connectivity index (χ1n) is 8.33.